The first-order valence-electron chi connectivity index (χ1n) is 10.3. The van der Waals surface area contributed by atoms with E-state index in [0.717, 1.165) is 54.8 Å². The largest absolute Gasteiger partial charge is 0.369 e. The summed E-state index contributed by atoms with van der Waals surface area (Å²) < 4.78 is 0. The van der Waals surface area contributed by atoms with Crippen LogP contribution in [0.15, 0.2) is 60.9 Å². The number of hydrogen-bond donors (Lipinski definition) is 3. The Balaban J connectivity index is 1.35. The molecule has 1 aromatic heterocycles. The molecule has 3 N–H and O–H groups in total. The highest BCUT2D eigenvalue weighted by molar-refractivity contribution is 5.62. The predicted octanol–water partition coefficient (Wildman–Crippen LogP) is 3.48. The molecule has 0 radical (unpaired) electrons. The van der Waals surface area contributed by atoms with Gasteiger partial charge in [0, 0.05) is 55.9 Å². The van der Waals surface area contributed by atoms with Crippen LogP contribution in [0.1, 0.15) is 5.56 Å². The van der Waals surface area contributed by atoms with Gasteiger partial charge in [-0.25, -0.2) is 9.97 Å². The first-order chi connectivity index (χ1) is 15.2. The lowest BCUT2D eigenvalue weighted by molar-refractivity contribution is 0.313. The Kier molecular flexibility index (Phi) is 6.45. The van der Waals surface area contributed by atoms with E-state index >= 15 is 0 Å². The molecule has 1 aliphatic rings. The number of hydrogen-bond acceptors (Lipinski definition) is 8. The molecule has 0 amide bonds. The molecule has 31 heavy (non-hydrogen) atoms. The zero-order valence-electron chi connectivity index (χ0n) is 17.5. The van der Waals surface area contributed by atoms with Crippen LogP contribution in [0.3, 0.4) is 0 Å². The fraction of sp³-hybridized carbons (Fsp3) is 0.261. The fourth-order valence-corrected chi connectivity index (χ4v) is 3.51. The standard InChI is InChI=1S/C23H26N8/c1-30-9-11-31(12-10-30)21-7-5-19(6-8-21)29-23-14-22(27-17-28-23)25-15-18-3-2-4-20(13-18)26-16-24/h2-8,13-14,17,26H,9-12,15H2,1H3,(H2,25,27,28,29). The summed E-state index contributed by atoms with van der Waals surface area (Å²) in [4.78, 5) is 13.4. The number of aromatic nitrogens is 2. The van der Waals surface area contributed by atoms with Crippen molar-refractivity contribution in [3.8, 4) is 6.19 Å². The van der Waals surface area contributed by atoms with E-state index in [-0.39, 0.29) is 0 Å². The molecule has 4 rings (SSSR count). The minimum atomic E-state index is 0.594. The number of likely N-dealkylation sites (N-methyl/N-ethyl adjacent to an activating group) is 1. The van der Waals surface area contributed by atoms with Gasteiger partial charge in [-0.15, -0.1) is 0 Å². The van der Waals surface area contributed by atoms with E-state index < -0.39 is 0 Å². The summed E-state index contributed by atoms with van der Waals surface area (Å²) in [6, 6.07) is 18.0. The Morgan fingerprint density at radius 3 is 2.48 bits per heavy atom. The molecule has 0 atom stereocenters. The number of nitrogens with one attached hydrogen (secondary N) is 3. The van der Waals surface area contributed by atoms with E-state index in [4.69, 9.17) is 5.26 Å². The lowest BCUT2D eigenvalue weighted by Crippen LogP contribution is -2.44. The van der Waals surface area contributed by atoms with Crippen molar-refractivity contribution in [3.05, 3.63) is 66.5 Å². The van der Waals surface area contributed by atoms with Crippen molar-refractivity contribution in [2.75, 3.05) is 54.1 Å². The van der Waals surface area contributed by atoms with Gasteiger partial charge < -0.3 is 20.4 Å². The van der Waals surface area contributed by atoms with Crippen molar-refractivity contribution in [2.45, 2.75) is 6.54 Å². The first-order valence-corrected chi connectivity index (χ1v) is 10.3. The van der Waals surface area contributed by atoms with Crippen LogP contribution in [0.4, 0.5) is 28.7 Å². The van der Waals surface area contributed by atoms with E-state index in [1.54, 1.807) is 0 Å². The Labute approximate surface area is 182 Å². The van der Waals surface area contributed by atoms with Crippen molar-refractivity contribution in [2.24, 2.45) is 0 Å². The van der Waals surface area contributed by atoms with Gasteiger partial charge in [0.2, 0.25) is 0 Å². The van der Waals surface area contributed by atoms with Gasteiger partial charge in [0.25, 0.3) is 0 Å². The molecule has 2 heterocycles. The van der Waals surface area contributed by atoms with Crippen molar-refractivity contribution < 1.29 is 0 Å². The van der Waals surface area contributed by atoms with Gasteiger partial charge in [-0.1, -0.05) is 12.1 Å². The number of rotatable bonds is 7. The summed E-state index contributed by atoms with van der Waals surface area (Å²) in [6.07, 6.45) is 3.47. The van der Waals surface area contributed by atoms with Crippen LogP contribution in [0.5, 0.6) is 0 Å². The minimum Gasteiger partial charge on any atom is -0.369 e. The molecule has 158 valence electrons. The molecule has 8 heteroatoms. The maximum Gasteiger partial charge on any atom is 0.181 e. The minimum absolute atomic E-state index is 0.594. The average Bonchev–Trinajstić information content (AvgIpc) is 2.80. The van der Waals surface area contributed by atoms with Crippen LogP contribution >= 0.6 is 0 Å². The lowest BCUT2D eigenvalue weighted by Gasteiger charge is -2.34. The fourth-order valence-electron chi connectivity index (χ4n) is 3.51. The topological polar surface area (TPSA) is 92.1 Å². The molecule has 0 aliphatic carbocycles. The molecular weight excluding hydrogens is 388 g/mol. The third-order valence-corrected chi connectivity index (χ3v) is 5.28. The van der Waals surface area contributed by atoms with Crippen molar-refractivity contribution >= 4 is 28.7 Å². The SMILES string of the molecule is CN1CCN(c2ccc(Nc3cc(NCc4cccc(NC#N)c4)ncn3)cc2)CC1. The van der Waals surface area contributed by atoms with Crippen LogP contribution in [0, 0.1) is 11.5 Å². The maximum atomic E-state index is 8.76. The monoisotopic (exact) mass is 414 g/mol. The molecule has 0 spiro atoms. The van der Waals surface area contributed by atoms with Crippen LogP contribution < -0.4 is 20.9 Å². The second kappa shape index (κ2) is 9.78. The van der Waals surface area contributed by atoms with Crippen LogP contribution in [-0.4, -0.2) is 48.1 Å². The summed E-state index contributed by atoms with van der Waals surface area (Å²) in [5.74, 6) is 1.45. The summed E-state index contributed by atoms with van der Waals surface area (Å²) in [7, 11) is 2.16. The quantitative estimate of drug-likeness (QED) is 0.400. The van der Waals surface area contributed by atoms with E-state index in [1.165, 1.54) is 12.0 Å². The second-order valence-electron chi connectivity index (χ2n) is 7.54. The lowest BCUT2D eigenvalue weighted by atomic mass is 10.2. The van der Waals surface area contributed by atoms with Gasteiger partial charge in [-0.05, 0) is 49.0 Å². The first kappa shape index (κ1) is 20.4. The highest BCUT2D eigenvalue weighted by Gasteiger charge is 2.14. The third kappa shape index (κ3) is 5.62. The summed E-state index contributed by atoms with van der Waals surface area (Å²) in [6.45, 7) is 4.89. The van der Waals surface area contributed by atoms with Crippen LogP contribution in [-0.2, 0) is 6.54 Å². The number of anilines is 5. The molecular formula is C23H26N8. The van der Waals surface area contributed by atoms with Crippen molar-refractivity contribution in [3.63, 3.8) is 0 Å². The highest BCUT2D eigenvalue weighted by Crippen LogP contribution is 2.22. The average molecular weight is 415 g/mol. The molecule has 0 bridgehead atoms. The van der Waals surface area contributed by atoms with Gasteiger partial charge in [0.1, 0.15) is 18.0 Å². The molecule has 2 aromatic carbocycles. The maximum absolute atomic E-state index is 8.76. The van der Waals surface area contributed by atoms with Crippen molar-refractivity contribution in [1.29, 1.82) is 5.26 Å². The molecule has 1 saturated heterocycles. The van der Waals surface area contributed by atoms with Gasteiger partial charge in [-0.2, -0.15) is 5.26 Å². The predicted molar refractivity (Wildman–Crippen MR) is 124 cm³/mol. The highest BCUT2D eigenvalue weighted by atomic mass is 15.2. The smallest absolute Gasteiger partial charge is 0.181 e. The van der Waals surface area contributed by atoms with E-state index in [0.29, 0.717) is 6.54 Å². The van der Waals surface area contributed by atoms with Gasteiger partial charge in [-0.3, -0.25) is 5.32 Å². The number of piperazine rings is 1. The zero-order chi connectivity index (χ0) is 21.5. The van der Waals surface area contributed by atoms with E-state index in [9.17, 15) is 0 Å². The van der Waals surface area contributed by atoms with Gasteiger partial charge >= 0.3 is 0 Å². The summed E-state index contributed by atoms with van der Waals surface area (Å²) in [5, 5.41) is 18.0. The van der Waals surface area contributed by atoms with Crippen LogP contribution in [0.25, 0.3) is 0 Å². The normalized spacial score (nSPS) is 14.0. The summed E-state index contributed by atoms with van der Waals surface area (Å²) >= 11 is 0. The Bertz CT molecular complexity index is 1040. The molecule has 8 nitrogen and oxygen atoms in total. The zero-order valence-corrected chi connectivity index (χ0v) is 17.5. The van der Waals surface area contributed by atoms with Crippen LogP contribution in [0.2, 0.25) is 0 Å². The van der Waals surface area contributed by atoms with Gasteiger partial charge in [0.15, 0.2) is 6.19 Å². The Morgan fingerprint density at radius 1 is 0.935 bits per heavy atom. The Hall–Kier alpha value is -3.83. The molecule has 1 aliphatic heterocycles. The summed E-state index contributed by atoms with van der Waals surface area (Å²) in [5.41, 5.74) is 4.05. The Morgan fingerprint density at radius 2 is 1.71 bits per heavy atom. The number of benzene rings is 2. The number of nitriles is 1. The van der Waals surface area contributed by atoms with E-state index in [1.807, 2.05) is 36.5 Å². The molecule has 1 fully saturated rings. The molecule has 3 aromatic rings. The van der Waals surface area contributed by atoms with E-state index in [2.05, 4.69) is 67.0 Å². The number of nitrogens with zero attached hydrogens (tertiary/aromatic N) is 5. The van der Waals surface area contributed by atoms with Crippen molar-refractivity contribution in [1.82, 2.24) is 14.9 Å². The third-order valence-electron chi connectivity index (χ3n) is 5.28. The van der Waals surface area contributed by atoms with Gasteiger partial charge in [0.05, 0.1) is 0 Å². The molecule has 0 saturated carbocycles. The second-order valence-corrected chi connectivity index (χ2v) is 7.54. The molecule has 0 unspecified atom stereocenters.